The normalized spacial score (nSPS) is 19.5. The van der Waals surface area contributed by atoms with E-state index in [0.29, 0.717) is 6.04 Å². The van der Waals surface area contributed by atoms with Crippen LogP contribution in [0, 0.1) is 0 Å². The molecule has 0 amide bonds. The number of imidazole rings is 1. The fraction of sp³-hybridized carbons (Fsp3) is 0.462. The largest absolute Gasteiger partial charge is 0.497 e. The molecule has 5 heteroatoms. The average molecular weight is 263 g/mol. The van der Waals surface area contributed by atoms with E-state index in [-0.39, 0.29) is 0 Å². The Bertz CT molecular complexity index is 534. The second-order valence-corrected chi connectivity index (χ2v) is 5.66. The molecule has 2 aromatic rings. The van der Waals surface area contributed by atoms with Crippen LogP contribution < -0.4 is 10.1 Å². The summed E-state index contributed by atoms with van der Waals surface area (Å²) in [7, 11) is 1.68. The van der Waals surface area contributed by atoms with E-state index in [1.54, 1.807) is 7.11 Å². The Labute approximate surface area is 111 Å². The maximum atomic E-state index is 5.21. The van der Waals surface area contributed by atoms with Gasteiger partial charge in [0.15, 0.2) is 0 Å². The molecule has 0 unspecified atom stereocenters. The fourth-order valence-corrected chi connectivity index (χ4v) is 3.38. The van der Waals surface area contributed by atoms with Crippen LogP contribution in [0.3, 0.4) is 0 Å². The first-order valence-corrected chi connectivity index (χ1v) is 7.34. The number of nitrogens with zero attached hydrogens (tertiary/aromatic N) is 1. The second kappa shape index (κ2) is 5.20. The van der Waals surface area contributed by atoms with Gasteiger partial charge in [-0.3, -0.25) is 0 Å². The lowest BCUT2D eigenvalue weighted by Crippen LogP contribution is -2.28. The van der Waals surface area contributed by atoms with Gasteiger partial charge in [0.1, 0.15) is 11.6 Å². The first kappa shape index (κ1) is 11.9. The van der Waals surface area contributed by atoms with Crippen molar-refractivity contribution in [3.8, 4) is 5.75 Å². The molecule has 1 aromatic heterocycles. The molecule has 3 rings (SSSR count). The van der Waals surface area contributed by atoms with Crippen molar-refractivity contribution in [2.24, 2.45) is 0 Å². The molecule has 0 aliphatic carbocycles. The Morgan fingerprint density at radius 3 is 3.28 bits per heavy atom. The second-order valence-electron chi connectivity index (χ2n) is 4.51. The molecule has 1 aliphatic heterocycles. The van der Waals surface area contributed by atoms with E-state index in [4.69, 9.17) is 4.74 Å². The number of ether oxygens (including phenoxy) is 1. The lowest BCUT2D eigenvalue weighted by molar-refractivity contribution is 0.415. The Hall–Kier alpha value is -1.20. The first-order valence-electron chi connectivity index (χ1n) is 6.19. The molecule has 0 radical (unpaired) electrons. The third-order valence-corrected chi connectivity index (χ3v) is 4.39. The molecule has 0 spiro atoms. The topological polar surface area (TPSA) is 49.9 Å². The molecule has 1 aliphatic rings. The number of hydrogen-bond donors (Lipinski definition) is 2. The molecule has 4 nitrogen and oxygen atoms in total. The summed E-state index contributed by atoms with van der Waals surface area (Å²) in [5, 5.41) is 3.54. The van der Waals surface area contributed by atoms with Crippen molar-refractivity contribution in [3.63, 3.8) is 0 Å². The highest BCUT2D eigenvalue weighted by Gasteiger charge is 2.15. The summed E-state index contributed by atoms with van der Waals surface area (Å²) in [4.78, 5) is 7.90. The first-order chi connectivity index (χ1) is 8.85. The summed E-state index contributed by atoms with van der Waals surface area (Å²) in [6, 6.07) is 6.54. The molecular weight excluding hydrogens is 246 g/mol. The van der Waals surface area contributed by atoms with Crippen LogP contribution >= 0.6 is 11.8 Å². The van der Waals surface area contributed by atoms with E-state index >= 15 is 0 Å². The Morgan fingerprint density at radius 2 is 2.50 bits per heavy atom. The third kappa shape index (κ3) is 2.47. The van der Waals surface area contributed by atoms with Crippen LogP contribution in [0.4, 0.5) is 0 Å². The summed E-state index contributed by atoms with van der Waals surface area (Å²) >= 11 is 2.02. The highest BCUT2D eigenvalue weighted by Crippen LogP contribution is 2.20. The number of aromatic amines is 1. The van der Waals surface area contributed by atoms with E-state index in [1.165, 1.54) is 17.9 Å². The Morgan fingerprint density at radius 1 is 1.56 bits per heavy atom. The Balaban J connectivity index is 1.72. The van der Waals surface area contributed by atoms with Crippen molar-refractivity contribution in [1.29, 1.82) is 0 Å². The van der Waals surface area contributed by atoms with Gasteiger partial charge in [-0.2, -0.15) is 11.8 Å². The zero-order valence-corrected chi connectivity index (χ0v) is 11.2. The standard InChI is InChI=1S/C13H17N3OS/c1-17-10-2-3-11-12(6-10)16-13(15-11)7-14-9-4-5-18-8-9/h2-3,6,9,14H,4-5,7-8H2,1H3,(H,15,16)/t9-/m0/s1. The highest BCUT2D eigenvalue weighted by atomic mass is 32.2. The zero-order valence-electron chi connectivity index (χ0n) is 10.4. The molecule has 0 bridgehead atoms. The van der Waals surface area contributed by atoms with Crippen LogP contribution in [0.25, 0.3) is 11.0 Å². The summed E-state index contributed by atoms with van der Waals surface area (Å²) in [5.41, 5.74) is 2.03. The van der Waals surface area contributed by atoms with Crippen molar-refractivity contribution in [3.05, 3.63) is 24.0 Å². The minimum Gasteiger partial charge on any atom is -0.497 e. The van der Waals surface area contributed by atoms with Crippen molar-refractivity contribution >= 4 is 22.8 Å². The lowest BCUT2D eigenvalue weighted by atomic mass is 10.2. The SMILES string of the molecule is COc1ccc2nc(CN[C@H]3CCSC3)[nH]c2c1. The molecule has 2 N–H and O–H groups in total. The van der Waals surface area contributed by atoms with E-state index in [9.17, 15) is 0 Å². The van der Waals surface area contributed by atoms with Gasteiger partial charge >= 0.3 is 0 Å². The zero-order chi connectivity index (χ0) is 12.4. The number of hydrogen-bond acceptors (Lipinski definition) is 4. The van der Waals surface area contributed by atoms with Gasteiger partial charge in [-0.25, -0.2) is 4.98 Å². The Kier molecular flexibility index (Phi) is 3.43. The number of methoxy groups -OCH3 is 1. The minimum atomic E-state index is 0.637. The predicted octanol–water partition coefficient (Wildman–Crippen LogP) is 2.17. The molecule has 96 valence electrons. The number of fused-ring (bicyclic) bond motifs is 1. The number of nitrogens with one attached hydrogen (secondary N) is 2. The van der Waals surface area contributed by atoms with E-state index < -0.39 is 0 Å². The van der Waals surface area contributed by atoms with Gasteiger partial charge in [0.05, 0.1) is 24.7 Å². The number of H-pyrrole nitrogens is 1. The van der Waals surface area contributed by atoms with Crippen LogP contribution in [-0.4, -0.2) is 34.6 Å². The number of rotatable bonds is 4. The molecular formula is C13H17N3OS. The number of benzene rings is 1. The van der Waals surface area contributed by atoms with Gasteiger partial charge in [-0.1, -0.05) is 0 Å². The molecule has 0 saturated carbocycles. The fourth-order valence-electron chi connectivity index (χ4n) is 2.19. The summed E-state index contributed by atoms with van der Waals surface area (Å²) in [6.45, 7) is 0.808. The maximum Gasteiger partial charge on any atom is 0.121 e. The molecule has 18 heavy (non-hydrogen) atoms. The molecule has 1 fully saturated rings. The monoisotopic (exact) mass is 263 g/mol. The number of thioether (sulfide) groups is 1. The van der Waals surface area contributed by atoms with Crippen LogP contribution in [0.1, 0.15) is 12.2 Å². The molecule has 2 heterocycles. The van der Waals surface area contributed by atoms with Gasteiger partial charge < -0.3 is 15.0 Å². The van der Waals surface area contributed by atoms with Crippen LogP contribution in [0.15, 0.2) is 18.2 Å². The smallest absolute Gasteiger partial charge is 0.121 e. The van der Waals surface area contributed by atoms with E-state index in [2.05, 4.69) is 15.3 Å². The van der Waals surface area contributed by atoms with Crippen LogP contribution in [0.5, 0.6) is 5.75 Å². The molecule has 1 atom stereocenters. The van der Waals surface area contributed by atoms with E-state index in [0.717, 1.165) is 29.2 Å². The van der Waals surface area contributed by atoms with Crippen molar-refractivity contribution in [1.82, 2.24) is 15.3 Å². The van der Waals surface area contributed by atoms with Crippen LogP contribution in [0.2, 0.25) is 0 Å². The lowest BCUT2D eigenvalue weighted by Gasteiger charge is -2.08. The van der Waals surface area contributed by atoms with Crippen molar-refractivity contribution < 1.29 is 4.74 Å². The van der Waals surface area contributed by atoms with Crippen LogP contribution in [-0.2, 0) is 6.54 Å². The highest BCUT2D eigenvalue weighted by molar-refractivity contribution is 7.99. The average Bonchev–Trinajstić information content (AvgIpc) is 3.04. The van der Waals surface area contributed by atoms with Crippen molar-refractivity contribution in [2.75, 3.05) is 18.6 Å². The third-order valence-electron chi connectivity index (χ3n) is 3.23. The van der Waals surface area contributed by atoms with Gasteiger partial charge in [-0.05, 0) is 24.3 Å². The summed E-state index contributed by atoms with van der Waals surface area (Å²) in [6.07, 6.45) is 1.26. The van der Waals surface area contributed by atoms with Crippen molar-refractivity contribution in [2.45, 2.75) is 19.0 Å². The predicted molar refractivity (Wildman–Crippen MR) is 75.2 cm³/mol. The van der Waals surface area contributed by atoms with Gasteiger partial charge in [0, 0.05) is 17.9 Å². The quantitative estimate of drug-likeness (QED) is 0.887. The van der Waals surface area contributed by atoms with Gasteiger partial charge in [0.25, 0.3) is 0 Å². The molecule has 1 saturated heterocycles. The number of aromatic nitrogens is 2. The van der Waals surface area contributed by atoms with E-state index in [1.807, 2.05) is 30.0 Å². The van der Waals surface area contributed by atoms with Gasteiger partial charge in [0.2, 0.25) is 0 Å². The molecule has 1 aromatic carbocycles. The minimum absolute atomic E-state index is 0.637. The maximum absolute atomic E-state index is 5.21. The summed E-state index contributed by atoms with van der Waals surface area (Å²) < 4.78 is 5.21. The van der Waals surface area contributed by atoms with Gasteiger partial charge in [-0.15, -0.1) is 0 Å². The summed E-state index contributed by atoms with van der Waals surface area (Å²) in [5.74, 6) is 4.34.